The summed E-state index contributed by atoms with van der Waals surface area (Å²) in [5, 5.41) is 2.76. The van der Waals surface area contributed by atoms with Crippen molar-refractivity contribution in [2.24, 2.45) is 0 Å². The average molecular weight is 573 g/mol. The van der Waals surface area contributed by atoms with Crippen LogP contribution in [0, 0.1) is 6.92 Å². The summed E-state index contributed by atoms with van der Waals surface area (Å²) < 4.78 is 29.1. The third-order valence-electron chi connectivity index (χ3n) is 5.83. The van der Waals surface area contributed by atoms with E-state index in [1.54, 1.807) is 56.3 Å². The lowest BCUT2D eigenvalue weighted by atomic mass is 10.1. The molecule has 0 heterocycles. The Balaban J connectivity index is 2.03. The standard InChI is InChI=1S/C27H30BrN3O4S/c1-4-29-27(33)21(3)30(18-22-12-9-8-11-20(22)2)26(32)19-31(24-14-10-13-23(28)17-24)36(34,35)25-15-6-5-7-16-25/h5-17,21H,4,18-19H2,1-3H3,(H,29,33)/t21-/m1/s1. The number of aryl methyl sites for hydroxylation is 1. The number of anilines is 1. The topological polar surface area (TPSA) is 86.8 Å². The highest BCUT2D eigenvalue weighted by Crippen LogP contribution is 2.27. The van der Waals surface area contributed by atoms with Gasteiger partial charge in [0.15, 0.2) is 0 Å². The lowest BCUT2D eigenvalue weighted by molar-refractivity contribution is -0.139. The maximum Gasteiger partial charge on any atom is 0.264 e. The van der Waals surface area contributed by atoms with E-state index in [4.69, 9.17) is 0 Å². The van der Waals surface area contributed by atoms with Crippen molar-refractivity contribution in [1.82, 2.24) is 10.2 Å². The molecule has 0 saturated carbocycles. The van der Waals surface area contributed by atoms with E-state index in [2.05, 4.69) is 21.2 Å². The van der Waals surface area contributed by atoms with Crippen LogP contribution in [-0.4, -0.2) is 44.3 Å². The first kappa shape index (κ1) is 27.4. The number of nitrogens with zero attached hydrogens (tertiary/aromatic N) is 2. The van der Waals surface area contributed by atoms with Crippen molar-refractivity contribution in [3.05, 3.63) is 94.5 Å². The Labute approximate surface area is 221 Å². The number of hydrogen-bond acceptors (Lipinski definition) is 4. The zero-order chi connectivity index (χ0) is 26.3. The number of carbonyl (C=O) groups is 2. The van der Waals surface area contributed by atoms with Crippen LogP contribution in [0.3, 0.4) is 0 Å². The quantitative estimate of drug-likeness (QED) is 0.388. The van der Waals surface area contributed by atoms with Gasteiger partial charge in [-0.15, -0.1) is 0 Å². The van der Waals surface area contributed by atoms with Crippen molar-refractivity contribution in [2.75, 3.05) is 17.4 Å². The molecular formula is C27H30BrN3O4S. The number of benzene rings is 3. The van der Waals surface area contributed by atoms with E-state index in [1.807, 2.05) is 31.2 Å². The fourth-order valence-corrected chi connectivity index (χ4v) is 5.57. The van der Waals surface area contributed by atoms with Crippen LogP contribution in [0.25, 0.3) is 0 Å². The first-order valence-corrected chi connectivity index (χ1v) is 13.8. The van der Waals surface area contributed by atoms with Gasteiger partial charge in [-0.05, 0) is 62.2 Å². The van der Waals surface area contributed by atoms with Gasteiger partial charge in [-0.25, -0.2) is 8.42 Å². The molecule has 0 saturated heterocycles. The summed E-state index contributed by atoms with van der Waals surface area (Å²) in [6.07, 6.45) is 0. The van der Waals surface area contributed by atoms with Gasteiger partial charge in [-0.2, -0.15) is 0 Å². The molecular weight excluding hydrogens is 542 g/mol. The summed E-state index contributed by atoms with van der Waals surface area (Å²) in [6, 6.07) is 21.5. The van der Waals surface area contributed by atoms with Gasteiger partial charge in [-0.1, -0.05) is 64.5 Å². The second kappa shape index (κ2) is 12.2. The number of halogens is 1. The van der Waals surface area contributed by atoms with Crippen molar-refractivity contribution in [2.45, 2.75) is 38.3 Å². The molecule has 3 aromatic carbocycles. The molecule has 0 bridgehead atoms. The summed E-state index contributed by atoms with van der Waals surface area (Å²) in [5.41, 5.74) is 2.18. The van der Waals surface area contributed by atoms with E-state index in [9.17, 15) is 18.0 Å². The van der Waals surface area contributed by atoms with E-state index >= 15 is 0 Å². The Morgan fingerprint density at radius 2 is 1.64 bits per heavy atom. The molecule has 1 N–H and O–H groups in total. The van der Waals surface area contributed by atoms with Crippen LogP contribution in [0.1, 0.15) is 25.0 Å². The highest BCUT2D eigenvalue weighted by Gasteiger charge is 2.32. The lowest BCUT2D eigenvalue weighted by Crippen LogP contribution is -2.51. The van der Waals surface area contributed by atoms with E-state index < -0.39 is 28.5 Å². The maximum atomic E-state index is 13.8. The molecule has 3 aromatic rings. The molecule has 0 aliphatic rings. The monoisotopic (exact) mass is 571 g/mol. The normalized spacial score (nSPS) is 12.0. The molecule has 2 amide bonds. The van der Waals surface area contributed by atoms with Gasteiger partial charge < -0.3 is 10.2 Å². The van der Waals surface area contributed by atoms with Crippen LogP contribution in [-0.2, 0) is 26.2 Å². The Kier molecular flexibility index (Phi) is 9.28. The number of nitrogens with one attached hydrogen (secondary N) is 1. The molecule has 9 heteroatoms. The number of likely N-dealkylation sites (N-methyl/N-ethyl adjacent to an activating group) is 1. The Bertz CT molecular complexity index is 1320. The van der Waals surface area contributed by atoms with E-state index in [0.717, 1.165) is 15.4 Å². The predicted molar refractivity (Wildman–Crippen MR) is 145 cm³/mol. The molecule has 0 spiro atoms. The zero-order valence-electron chi connectivity index (χ0n) is 20.5. The molecule has 3 rings (SSSR count). The van der Waals surface area contributed by atoms with Gasteiger partial charge in [0.05, 0.1) is 10.6 Å². The number of hydrogen-bond donors (Lipinski definition) is 1. The number of sulfonamides is 1. The zero-order valence-corrected chi connectivity index (χ0v) is 22.9. The van der Waals surface area contributed by atoms with Crippen LogP contribution < -0.4 is 9.62 Å². The maximum absolute atomic E-state index is 13.8. The Hall–Kier alpha value is -3.17. The lowest BCUT2D eigenvalue weighted by Gasteiger charge is -2.32. The molecule has 36 heavy (non-hydrogen) atoms. The second-order valence-electron chi connectivity index (χ2n) is 8.32. The van der Waals surface area contributed by atoms with Crippen LogP contribution in [0.4, 0.5) is 5.69 Å². The van der Waals surface area contributed by atoms with E-state index in [0.29, 0.717) is 16.7 Å². The summed E-state index contributed by atoms with van der Waals surface area (Å²) in [5.74, 6) is -0.796. The van der Waals surface area contributed by atoms with Crippen LogP contribution >= 0.6 is 15.9 Å². The average Bonchev–Trinajstić information content (AvgIpc) is 2.86. The van der Waals surface area contributed by atoms with E-state index in [-0.39, 0.29) is 17.3 Å². The fraction of sp³-hybridized carbons (Fsp3) is 0.259. The molecule has 0 aliphatic carbocycles. The molecule has 0 fully saturated rings. The highest BCUT2D eigenvalue weighted by molar-refractivity contribution is 9.10. The SMILES string of the molecule is CCNC(=O)[C@@H](C)N(Cc1ccccc1C)C(=O)CN(c1cccc(Br)c1)S(=O)(=O)c1ccccc1. The van der Waals surface area contributed by atoms with Crippen molar-refractivity contribution in [1.29, 1.82) is 0 Å². The molecule has 0 radical (unpaired) electrons. The van der Waals surface area contributed by atoms with Gasteiger partial charge in [0.2, 0.25) is 11.8 Å². The minimum Gasteiger partial charge on any atom is -0.355 e. The highest BCUT2D eigenvalue weighted by atomic mass is 79.9. The summed E-state index contributed by atoms with van der Waals surface area (Å²) in [6.45, 7) is 5.51. The summed E-state index contributed by atoms with van der Waals surface area (Å²) in [4.78, 5) is 28.0. The van der Waals surface area contributed by atoms with E-state index in [1.165, 1.54) is 17.0 Å². The fourth-order valence-electron chi connectivity index (χ4n) is 3.76. The van der Waals surface area contributed by atoms with Crippen LogP contribution in [0.5, 0.6) is 0 Å². The minimum atomic E-state index is -4.07. The van der Waals surface area contributed by atoms with Crippen molar-refractivity contribution >= 4 is 43.5 Å². The van der Waals surface area contributed by atoms with Gasteiger partial charge >= 0.3 is 0 Å². The molecule has 7 nitrogen and oxygen atoms in total. The second-order valence-corrected chi connectivity index (χ2v) is 11.1. The third kappa shape index (κ3) is 6.53. The van der Waals surface area contributed by atoms with Gasteiger partial charge in [0, 0.05) is 17.6 Å². The Morgan fingerprint density at radius 1 is 0.972 bits per heavy atom. The molecule has 190 valence electrons. The van der Waals surface area contributed by atoms with Crippen molar-refractivity contribution in [3.8, 4) is 0 Å². The van der Waals surface area contributed by atoms with Crippen molar-refractivity contribution in [3.63, 3.8) is 0 Å². The Morgan fingerprint density at radius 3 is 2.28 bits per heavy atom. The molecule has 0 aromatic heterocycles. The molecule has 0 aliphatic heterocycles. The molecule has 1 atom stereocenters. The predicted octanol–water partition coefficient (Wildman–Crippen LogP) is 4.51. The minimum absolute atomic E-state index is 0.0694. The van der Waals surface area contributed by atoms with Gasteiger partial charge in [0.1, 0.15) is 12.6 Å². The van der Waals surface area contributed by atoms with Gasteiger partial charge in [0.25, 0.3) is 10.0 Å². The number of carbonyl (C=O) groups excluding carboxylic acids is 2. The first-order chi connectivity index (χ1) is 17.1. The number of amides is 2. The van der Waals surface area contributed by atoms with Crippen LogP contribution in [0.2, 0.25) is 0 Å². The van der Waals surface area contributed by atoms with Crippen LogP contribution in [0.15, 0.2) is 88.2 Å². The summed E-state index contributed by atoms with van der Waals surface area (Å²) >= 11 is 3.39. The third-order valence-corrected chi connectivity index (χ3v) is 8.11. The summed E-state index contributed by atoms with van der Waals surface area (Å²) in [7, 11) is -4.07. The largest absolute Gasteiger partial charge is 0.355 e. The van der Waals surface area contributed by atoms with Gasteiger partial charge in [-0.3, -0.25) is 13.9 Å². The molecule has 0 unspecified atom stereocenters. The smallest absolute Gasteiger partial charge is 0.264 e. The van der Waals surface area contributed by atoms with Crippen molar-refractivity contribution < 1.29 is 18.0 Å². The first-order valence-electron chi connectivity index (χ1n) is 11.6. The number of rotatable bonds is 10.